The zero-order valence-corrected chi connectivity index (χ0v) is 11.5. The number of nitrogens with zero attached hydrogens (tertiary/aromatic N) is 1. The van der Waals surface area contributed by atoms with E-state index in [-0.39, 0.29) is 5.91 Å². The summed E-state index contributed by atoms with van der Waals surface area (Å²) in [5.41, 5.74) is 1.67. The highest BCUT2D eigenvalue weighted by molar-refractivity contribution is 5.94. The molecule has 1 aliphatic rings. The molecule has 1 aliphatic heterocycles. The van der Waals surface area contributed by atoms with Gasteiger partial charge in [-0.3, -0.25) is 4.79 Å². The van der Waals surface area contributed by atoms with E-state index in [1.165, 1.54) is 6.42 Å². The summed E-state index contributed by atoms with van der Waals surface area (Å²) in [4.78, 5) is 14.3. The molecule has 0 N–H and O–H groups in total. The molecule has 1 aromatic carbocycles. The lowest BCUT2D eigenvalue weighted by Gasteiger charge is -2.26. The van der Waals surface area contributed by atoms with Crippen LogP contribution in [0.1, 0.15) is 36.5 Å². The van der Waals surface area contributed by atoms with Crippen LogP contribution < -0.4 is 4.74 Å². The molecule has 0 radical (unpaired) electrons. The Kier molecular flexibility index (Phi) is 4.61. The van der Waals surface area contributed by atoms with Crippen LogP contribution in [0.15, 0.2) is 36.4 Å². The van der Waals surface area contributed by atoms with E-state index < -0.39 is 0 Å². The standard InChI is InChI=1S/C16H21NO2/c1-13(2)12-19-15-8-6-7-14(11-15)16(18)17-9-4-3-5-10-17/h6-8,11H,1,3-5,9-10,12H2,2H3. The maximum atomic E-state index is 12.3. The van der Waals surface area contributed by atoms with Crippen molar-refractivity contribution in [2.75, 3.05) is 19.7 Å². The average Bonchev–Trinajstić information content (AvgIpc) is 2.45. The van der Waals surface area contributed by atoms with Gasteiger partial charge >= 0.3 is 0 Å². The van der Waals surface area contributed by atoms with Crippen molar-refractivity contribution in [1.82, 2.24) is 4.90 Å². The molecule has 0 unspecified atom stereocenters. The highest BCUT2D eigenvalue weighted by Gasteiger charge is 2.18. The second-order valence-electron chi connectivity index (χ2n) is 5.13. The first kappa shape index (κ1) is 13.7. The van der Waals surface area contributed by atoms with Gasteiger partial charge in [0, 0.05) is 18.7 Å². The number of carbonyl (C=O) groups excluding carboxylic acids is 1. The van der Waals surface area contributed by atoms with E-state index in [0.717, 1.165) is 37.3 Å². The summed E-state index contributed by atoms with van der Waals surface area (Å²) in [7, 11) is 0. The second kappa shape index (κ2) is 6.41. The molecule has 3 nitrogen and oxygen atoms in total. The number of ether oxygens (including phenoxy) is 1. The Balaban J connectivity index is 2.04. The smallest absolute Gasteiger partial charge is 0.253 e. The van der Waals surface area contributed by atoms with Gasteiger partial charge < -0.3 is 9.64 Å². The van der Waals surface area contributed by atoms with Crippen LogP contribution in [-0.4, -0.2) is 30.5 Å². The minimum atomic E-state index is 0.112. The van der Waals surface area contributed by atoms with E-state index in [2.05, 4.69) is 6.58 Å². The van der Waals surface area contributed by atoms with Gasteiger partial charge in [0.15, 0.2) is 0 Å². The molecule has 1 fully saturated rings. The van der Waals surface area contributed by atoms with E-state index in [1.54, 1.807) is 0 Å². The summed E-state index contributed by atoms with van der Waals surface area (Å²) in [6, 6.07) is 7.41. The summed E-state index contributed by atoms with van der Waals surface area (Å²) in [5, 5.41) is 0. The van der Waals surface area contributed by atoms with Crippen LogP contribution in [0.25, 0.3) is 0 Å². The van der Waals surface area contributed by atoms with Crippen molar-refractivity contribution >= 4 is 5.91 Å². The lowest BCUT2D eigenvalue weighted by atomic mass is 10.1. The zero-order valence-electron chi connectivity index (χ0n) is 11.5. The number of hydrogen-bond acceptors (Lipinski definition) is 2. The largest absolute Gasteiger partial charge is 0.489 e. The quantitative estimate of drug-likeness (QED) is 0.777. The fourth-order valence-corrected chi connectivity index (χ4v) is 2.21. The van der Waals surface area contributed by atoms with Gasteiger partial charge in [0.25, 0.3) is 5.91 Å². The third-order valence-corrected chi connectivity index (χ3v) is 3.21. The molecule has 102 valence electrons. The van der Waals surface area contributed by atoms with Crippen molar-refractivity contribution < 1.29 is 9.53 Å². The highest BCUT2D eigenvalue weighted by atomic mass is 16.5. The van der Waals surface area contributed by atoms with Crippen molar-refractivity contribution in [3.8, 4) is 5.75 Å². The number of amides is 1. The van der Waals surface area contributed by atoms with Gasteiger partial charge in [0.2, 0.25) is 0 Å². The summed E-state index contributed by atoms with van der Waals surface area (Å²) in [6.45, 7) is 7.95. The van der Waals surface area contributed by atoms with Crippen LogP contribution in [0.4, 0.5) is 0 Å². The highest BCUT2D eigenvalue weighted by Crippen LogP contribution is 2.18. The molecule has 2 rings (SSSR count). The summed E-state index contributed by atoms with van der Waals surface area (Å²) >= 11 is 0. The Morgan fingerprint density at radius 3 is 2.74 bits per heavy atom. The molecule has 0 spiro atoms. The van der Waals surface area contributed by atoms with Gasteiger partial charge in [-0.25, -0.2) is 0 Å². The number of piperidine rings is 1. The minimum Gasteiger partial charge on any atom is -0.489 e. The third kappa shape index (κ3) is 3.85. The van der Waals surface area contributed by atoms with Crippen molar-refractivity contribution in [3.63, 3.8) is 0 Å². The Labute approximate surface area is 114 Å². The number of benzene rings is 1. The fourth-order valence-electron chi connectivity index (χ4n) is 2.21. The SMILES string of the molecule is C=C(C)COc1cccc(C(=O)N2CCCCC2)c1. The van der Waals surface area contributed by atoms with Crippen LogP contribution in [-0.2, 0) is 0 Å². The summed E-state index contributed by atoms with van der Waals surface area (Å²) in [6.07, 6.45) is 3.45. The summed E-state index contributed by atoms with van der Waals surface area (Å²) < 4.78 is 5.58. The van der Waals surface area contributed by atoms with Gasteiger partial charge in [-0.1, -0.05) is 12.6 Å². The molecule has 0 aromatic heterocycles. The van der Waals surface area contributed by atoms with Crippen molar-refractivity contribution in [2.24, 2.45) is 0 Å². The second-order valence-corrected chi connectivity index (χ2v) is 5.13. The number of hydrogen-bond donors (Lipinski definition) is 0. The molecule has 0 aliphatic carbocycles. The van der Waals surface area contributed by atoms with Gasteiger partial charge in [0.1, 0.15) is 12.4 Å². The monoisotopic (exact) mass is 259 g/mol. The lowest BCUT2D eigenvalue weighted by molar-refractivity contribution is 0.0724. The fraction of sp³-hybridized carbons (Fsp3) is 0.438. The topological polar surface area (TPSA) is 29.5 Å². The molecule has 1 saturated heterocycles. The van der Waals surface area contributed by atoms with Crippen molar-refractivity contribution in [1.29, 1.82) is 0 Å². The van der Waals surface area contributed by atoms with Crippen LogP contribution in [0.2, 0.25) is 0 Å². The van der Waals surface area contributed by atoms with Crippen LogP contribution in [0.5, 0.6) is 5.75 Å². The molecule has 1 amide bonds. The first-order chi connectivity index (χ1) is 9.16. The van der Waals surface area contributed by atoms with E-state index in [4.69, 9.17) is 4.74 Å². The van der Waals surface area contributed by atoms with Gasteiger partial charge in [-0.05, 0) is 50.0 Å². The van der Waals surface area contributed by atoms with Crippen molar-refractivity contribution in [3.05, 3.63) is 42.0 Å². The third-order valence-electron chi connectivity index (χ3n) is 3.21. The molecular formula is C16H21NO2. The zero-order chi connectivity index (χ0) is 13.7. The molecule has 19 heavy (non-hydrogen) atoms. The Bertz CT molecular complexity index is 462. The van der Waals surface area contributed by atoms with E-state index in [1.807, 2.05) is 36.1 Å². The first-order valence-electron chi connectivity index (χ1n) is 6.83. The van der Waals surface area contributed by atoms with Gasteiger partial charge in [0.05, 0.1) is 0 Å². The normalized spacial score (nSPS) is 15.1. The Morgan fingerprint density at radius 1 is 1.32 bits per heavy atom. The molecule has 3 heteroatoms. The van der Waals surface area contributed by atoms with Crippen LogP contribution in [0.3, 0.4) is 0 Å². The maximum Gasteiger partial charge on any atom is 0.253 e. The van der Waals surface area contributed by atoms with Crippen molar-refractivity contribution in [2.45, 2.75) is 26.2 Å². The van der Waals surface area contributed by atoms with E-state index in [0.29, 0.717) is 12.2 Å². The summed E-state index contributed by atoms with van der Waals surface area (Å²) in [5.74, 6) is 0.839. The predicted molar refractivity (Wildman–Crippen MR) is 76.5 cm³/mol. The van der Waals surface area contributed by atoms with Crippen LogP contribution in [0, 0.1) is 0 Å². The van der Waals surface area contributed by atoms with E-state index in [9.17, 15) is 4.79 Å². The molecule has 0 saturated carbocycles. The first-order valence-corrected chi connectivity index (χ1v) is 6.83. The Morgan fingerprint density at radius 2 is 2.05 bits per heavy atom. The number of carbonyl (C=O) groups is 1. The Hall–Kier alpha value is -1.77. The molecular weight excluding hydrogens is 238 g/mol. The predicted octanol–water partition coefficient (Wildman–Crippen LogP) is 3.27. The minimum absolute atomic E-state index is 0.112. The molecule has 0 bridgehead atoms. The lowest BCUT2D eigenvalue weighted by Crippen LogP contribution is -2.35. The molecule has 1 aromatic rings. The molecule has 0 atom stereocenters. The number of likely N-dealkylation sites (tertiary alicyclic amines) is 1. The average molecular weight is 259 g/mol. The number of rotatable bonds is 4. The molecule has 1 heterocycles. The van der Waals surface area contributed by atoms with E-state index >= 15 is 0 Å². The van der Waals surface area contributed by atoms with Crippen LogP contribution >= 0.6 is 0 Å². The van der Waals surface area contributed by atoms with Gasteiger partial charge in [-0.15, -0.1) is 0 Å². The van der Waals surface area contributed by atoms with Gasteiger partial charge in [-0.2, -0.15) is 0 Å². The maximum absolute atomic E-state index is 12.3.